The standard InChI is InChI=1S/C12H13ClN2/c1-2-10(14)9-7-8-5-3-4-6-11(8)15-12(9)13/h3-7,10H,2,14H2,1H3/t10-/m0/s1. The number of aromatic nitrogens is 1. The maximum absolute atomic E-state index is 6.09. The molecule has 0 unspecified atom stereocenters. The van der Waals surface area contributed by atoms with E-state index in [1.165, 1.54) is 0 Å². The molecule has 1 aromatic heterocycles. The molecule has 0 amide bonds. The first-order valence-electron chi connectivity index (χ1n) is 5.03. The van der Waals surface area contributed by atoms with E-state index in [1.54, 1.807) is 0 Å². The first kappa shape index (κ1) is 10.4. The molecule has 2 N–H and O–H groups in total. The van der Waals surface area contributed by atoms with E-state index < -0.39 is 0 Å². The van der Waals surface area contributed by atoms with Gasteiger partial charge < -0.3 is 5.73 Å². The van der Waals surface area contributed by atoms with E-state index in [1.807, 2.05) is 37.3 Å². The second kappa shape index (κ2) is 4.17. The third-order valence-corrected chi connectivity index (χ3v) is 2.85. The summed E-state index contributed by atoms with van der Waals surface area (Å²) in [5.41, 5.74) is 7.80. The van der Waals surface area contributed by atoms with Crippen molar-refractivity contribution in [2.45, 2.75) is 19.4 Å². The second-order valence-corrected chi connectivity index (χ2v) is 3.93. The van der Waals surface area contributed by atoms with E-state index in [-0.39, 0.29) is 6.04 Å². The van der Waals surface area contributed by atoms with Crippen molar-refractivity contribution >= 4 is 22.5 Å². The minimum Gasteiger partial charge on any atom is -0.324 e. The van der Waals surface area contributed by atoms with Gasteiger partial charge in [0.2, 0.25) is 0 Å². The van der Waals surface area contributed by atoms with E-state index in [0.717, 1.165) is 22.9 Å². The van der Waals surface area contributed by atoms with Gasteiger partial charge in [-0.2, -0.15) is 0 Å². The number of halogens is 1. The van der Waals surface area contributed by atoms with Crippen LogP contribution in [0.2, 0.25) is 5.15 Å². The van der Waals surface area contributed by atoms with Gasteiger partial charge in [-0.15, -0.1) is 0 Å². The molecule has 15 heavy (non-hydrogen) atoms. The Balaban J connectivity index is 2.61. The number of nitrogens with two attached hydrogens (primary N) is 1. The zero-order chi connectivity index (χ0) is 10.8. The van der Waals surface area contributed by atoms with Gasteiger partial charge in [-0.05, 0) is 18.6 Å². The number of rotatable bonds is 2. The van der Waals surface area contributed by atoms with Crippen molar-refractivity contribution in [3.63, 3.8) is 0 Å². The molecule has 0 aliphatic heterocycles. The van der Waals surface area contributed by atoms with Crippen LogP contribution in [0.4, 0.5) is 0 Å². The number of para-hydroxylation sites is 1. The summed E-state index contributed by atoms with van der Waals surface area (Å²) in [7, 11) is 0. The van der Waals surface area contributed by atoms with E-state index in [0.29, 0.717) is 5.15 Å². The first-order valence-corrected chi connectivity index (χ1v) is 5.41. The van der Waals surface area contributed by atoms with Crippen molar-refractivity contribution in [2.24, 2.45) is 5.73 Å². The second-order valence-electron chi connectivity index (χ2n) is 3.58. The summed E-state index contributed by atoms with van der Waals surface area (Å²) in [5, 5.41) is 1.60. The molecule has 0 aliphatic carbocycles. The highest BCUT2D eigenvalue weighted by Crippen LogP contribution is 2.25. The summed E-state index contributed by atoms with van der Waals surface area (Å²) in [4.78, 5) is 4.33. The lowest BCUT2D eigenvalue weighted by Crippen LogP contribution is -2.09. The van der Waals surface area contributed by atoms with Gasteiger partial charge in [0.15, 0.2) is 0 Å². The zero-order valence-electron chi connectivity index (χ0n) is 8.57. The molecule has 0 aliphatic rings. The molecule has 0 radical (unpaired) electrons. The number of fused-ring (bicyclic) bond motifs is 1. The molecule has 1 heterocycles. The highest BCUT2D eigenvalue weighted by atomic mass is 35.5. The molecule has 0 spiro atoms. The third kappa shape index (κ3) is 1.96. The first-order chi connectivity index (χ1) is 7.22. The van der Waals surface area contributed by atoms with Crippen molar-refractivity contribution in [2.75, 3.05) is 0 Å². The smallest absolute Gasteiger partial charge is 0.134 e. The third-order valence-electron chi connectivity index (χ3n) is 2.54. The minimum atomic E-state index is -0.0328. The number of benzene rings is 1. The van der Waals surface area contributed by atoms with Gasteiger partial charge >= 0.3 is 0 Å². The Morgan fingerprint density at radius 3 is 2.87 bits per heavy atom. The molecule has 0 bridgehead atoms. The molecule has 2 aromatic rings. The highest BCUT2D eigenvalue weighted by Gasteiger charge is 2.10. The molecule has 0 fully saturated rings. The van der Waals surface area contributed by atoms with E-state index in [9.17, 15) is 0 Å². The van der Waals surface area contributed by atoms with Crippen molar-refractivity contribution in [1.82, 2.24) is 4.98 Å². The highest BCUT2D eigenvalue weighted by molar-refractivity contribution is 6.30. The number of nitrogens with zero attached hydrogens (tertiary/aromatic N) is 1. The van der Waals surface area contributed by atoms with Crippen molar-refractivity contribution in [3.8, 4) is 0 Å². The van der Waals surface area contributed by atoms with E-state index in [2.05, 4.69) is 4.98 Å². The Morgan fingerprint density at radius 1 is 1.40 bits per heavy atom. The minimum absolute atomic E-state index is 0.0328. The topological polar surface area (TPSA) is 38.9 Å². The van der Waals surface area contributed by atoms with Gasteiger partial charge in [0, 0.05) is 17.0 Å². The van der Waals surface area contributed by atoms with Gasteiger partial charge in [-0.25, -0.2) is 4.98 Å². The zero-order valence-corrected chi connectivity index (χ0v) is 9.33. The van der Waals surface area contributed by atoms with Crippen molar-refractivity contribution in [3.05, 3.63) is 41.0 Å². The van der Waals surface area contributed by atoms with Gasteiger partial charge in [0.25, 0.3) is 0 Å². The van der Waals surface area contributed by atoms with Crippen LogP contribution in [0.5, 0.6) is 0 Å². The Morgan fingerprint density at radius 2 is 2.13 bits per heavy atom. The molecular weight excluding hydrogens is 208 g/mol. The molecule has 2 rings (SSSR count). The Hall–Kier alpha value is -1.12. The lowest BCUT2D eigenvalue weighted by molar-refractivity contribution is 0.697. The number of hydrogen-bond donors (Lipinski definition) is 1. The van der Waals surface area contributed by atoms with Crippen LogP contribution in [0.3, 0.4) is 0 Å². The predicted molar refractivity (Wildman–Crippen MR) is 64.0 cm³/mol. The number of pyridine rings is 1. The fraction of sp³-hybridized carbons (Fsp3) is 0.250. The van der Waals surface area contributed by atoms with Crippen LogP contribution >= 0.6 is 11.6 Å². The van der Waals surface area contributed by atoms with Crippen LogP contribution in [0, 0.1) is 0 Å². The van der Waals surface area contributed by atoms with Crippen molar-refractivity contribution in [1.29, 1.82) is 0 Å². The lowest BCUT2D eigenvalue weighted by atomic mass is 10.1. The van der Waals surface area contributed by atoms with Gasteiger partial charge in [0.1, 0.15) is 5.15 Å². The quantitative estimate of drug-likeness (QED) is 0.789. The molecule has 78 valence electrons. The lowest BCUT2D eigenvalue weighted by Gasteiger charge is -2.11. The Labute approximate surface area is 94.1 Å². The van der Waals surface area contributed by atoms with E-state index in [4.69, 9.17) is 17.3 Å². The van der Waals surface area contributed by atoms with Crippen LogP contribution < -0.4 is 5.73 Å². The summed E-state index contributed by atoms with van der Waals surface area (Å²) in [6.07, 6.45) is 0.861. The van der Waals surface area contributed by atoms with Crippen LogP contribution in [-0.2, 0) is 0 Å². The molecular formula is C12H13ClN2. The molecule has 0 saturated heterocycles. The fourth-order valence-electron chi connectivity index (χ4n) is 1.59. The SMILES string of the molecule is CC[C@H](N)c1cc2ccccc2nc1Cl. The fourth-order valence-corrected chi connectivity index (χ4v) is 1.87. The molecule has 2 nitrogen and oxygen atoms in total. The average molecular weight is 221 g/mol. The van der Waals surface area contributed by atoms with E-state index >= 15 is 0 Å². The monoisotopic (exact) mass is 220 g/mol. The molecule has 3 heteroatoms. The summed E-state index contributed by atoms with van der Waals surface area (Å²) in [6, 6.07) is 9.89. The Kier molecular flexibility index (Phi) is 2.89. The Bertz CT molecular complexity index is 482. The largest absolute Gasteiger partial charge is 0.324 e. The van der Waals surface area contributed by atoms with Gasteiger partial charge in [-0.1, -0.05) is 36.7 Å². The van der Waals surface area contributed by atoms with Gasteiger partial charge in [-0.3, -0.25) is 0 Å². The molecule has 1 atom stereocenters. The molecule has 0 saturated carbocycles. The number of hydrogen-bond acceptors (Lipinski definition) is 2. The maximum atomic E-state index is 6.09. The van der Waals surface area contributed by atoms with Crippen LogP contribution in [0.15, 0.2) is 30.3 Å². The van der Waals surface area contributed by atoms with Crippen LogP contribution in [0.1, 0.15) is 24.9 Å². The molecule has 1 aromatic carbocycles. The maximum Gasteiger partial charge on any atom is 0.134 e. The normalized spacial score (nSPS) is 13.0. The summed E-state index contributed by atoms with van der Waals surface area (Å²) in [5.74, 6) is 0. The van der Waals surface area contributed by atoms with Gasteiger partial charge in [0.05, 0.1) is 5.52 Å². The average Bonchev–Trinajstić information content (AvgIpc) is 2.27. The summed E-state index contributed by atoms with van der Waals surface area (Å²) < 4.78 is 0. The van der Waals surface area contributed by atoms with Crippen LogP contribution in [-0.4, -0.2) is 4.98 Å². The predicted octanol–water partition coefficient (Wildman–Crippen LogP) is 3.30. The van der Waals surface area contributed by atoms with Crippen LogP contribution in [0.25, 0.3) is 10.9 Å². The van der Waals surface area contributed by atoms with Crippen molar-refractivity contribution < 1.29 is 0 Å². The summed E-state index contributed by atoms with van der Waals surface area (Å²) in [6.45, 7) is 2.04. The summed E-state index contributed by atoms with van der Waals surface area (Å²) >= 11 is 6.09.